The van der Waals surface area contributed by atoms with Crippen LogP contribution in [0.5, 0.6) is 0 Å². The first-order valence-corrected chi connectivity index (χ1v) is 11.0. The Balaban J connectivity index is 1.56. The number of nitrogens with zero attached hydrogens (tertiary/aromatic N) is 5. The number of anilines is 1. The number of carbonyl (C=O) groups is 1. The number of halogens is 3. The van der Waals surface area contributed by atoms with Gasteiger partial charge < -0.3 is 10.6 Å². The van der Waals surface area contributed by atoms with E-state index in [1.54, 1.807) is 30.6 Å². The SMILES string of the molecule is CN(C)Cc1cnc(-c2ccn3c(-c4cccc(CC(=O)CCC(F)(F)F)c4)cnc3c2)nc1N. The van der Waals surface area contributed by atoms with Crippen molar-refractivity contribution in [3.05, 3.63) is 66.1 Å². The smallest absolute Gasteiger partial charge is 0.383 e. The van der Waals surface area contributed by atoms with Gasteiger partial charge in [-0.25, -0.2) is 15.0 Å². The largest absolute Gasteiger partial charge is 0.389 e. The van der Waals surface area contributed by atoms with E-state index in [2.05, 4.69) is 15.0 Å². The highest BCUT2D eigenvalue weighted by Gasteiger charge is 2.27. The standard InChI is InChI=1S/C25H25F3N6O/c1-33(2)15-19-13-31-24(32-23(19)29)18-7-9-34-21(14-30-22(34)12-18)17-5-3-4-16(10-17)11-20(35)6-8-25(26,27)28/h3-5,7,9-10,12-14H,6,8,11,15H2,1-2H3,(H2,29,31,32). The van der Waals surface area contributed by atoms with Gasteiger partial charge in [0.05, 0.1) is 18.3 Å². The summed E-state index contributed by atoms with van der Waals surface area (Å²) in [6.07, 6.45) is -0.726. The fraction of sp³-hybridized carbons (Fsp3) is 0.280. The maximum Gasteiger partial charge on any atom is 0.389 e. The molecule has 1 aromatic carbocycles. The highest BCUT2D eigenvalue weighted by molar-refractivity contribution is 5.81. The van der Waals surface area contributed by atoms with Crippen LogP contribution in [-0.4, -0.2) is 50.3 Å². The number of nitrogens with two attached hydrogens (primary N) is 1. The van der Waals surface area contributed by atoms with E-state index in [1.807, 2.05) is 47.8 Å². The van der Waals surface area contributed by atoms with Gasteiger partial charge in [0.25, 0.3) is 0 Å². The molecule has 0 amide bonds. The third-order valence-corrected chi connectivity index (χ3v) is 5.47. The number of nitrogen functional groups attached to an aromatic ring is 1. The van der Waals surface area contributed by atoms with Gasteiger partial charge >= 0.3 is 6.18 Å². The van der Waals surface area contributed by atoms with Crippen molar-refractivity contribution >= 4 is 17.2 Å². The minimum absolute atomic E-state index is 0.0482. The number of carbonyl (C=O) groups excluding carboxylic acids is 1. The number of Topliss-reactive ketones (excluding diaryl/α,β-unsaturated/α-hetero) is 1. The molecule has 0 saturated heterocycles. The molecule has 0 saturated carbocycles. The summed E-state index contributed by atoms with van der Waals surface area (Å²) in [7, 11) is 3.89. The zero-order valence-corrected chi connectivity index (χ0v) is 19.4. The number of alkyl halides is 3. The highest BCUT2D eigenvalue weighted by atomic mass is 19.4. The molecule has 0 radical (unpaired) electrons. The molecule has 0 unspecified atom stereocenters. The Morgan fingerprint density at radius 1 is 1.09 bits per heavy atom. The van der Waals surface area contributed by atoms with E-state index in [1.165, 1.54) is 0 Å². The van der Waals surface area contributed by atoms with Crippen LogP contribution < -0.4 is 5.73 Å². The average molecular weight is 483 g/mol. The topological polar surface area (TPSA) is 89.4 Å². The quantitative estimate of drug-likeness (QED) is 0.396. The van der Waals surface area contributed by atoms with Gasteiger partial charge in [-0.1, -0.05) is 18.2 Å². The van der Waals surface area contributed by atoms with Crippen molar-refractivity contribution in [1.29, 1.82) is 0 Å². The number of aromatic nitrogens is 4. The molecule has 0 atom stereocenters. The van der Waals surface area contributed by atoms with Crippen LogP contribution in [0.15, 0.2) is 55.0 Å². The van der Waals surface area contributed by atoms with Crippen LogP contribution in [0.4, 0.5) is 19.0 Å². The first kappa shape index (κ1) is 24.3. The maximum atomic E-state index is 12.4. The fourth-order valence-corrected chi connectivity index (χ4v) is 3.79. The van der Waals surface area contributed by atoms with Gasteiger partial charge in [-0.05, 0) is 37.9 Å². The average Bonchev–Trinajstić information content (AvgIpc) is 3.22. The van der Waals surface area contributed by atoms with Crippen molar-refractivity contribution in [3.8, 4) is 22.6 Å². The van der Waals surface area contributed by atoms with Crippen molar-refractivity contribution < 1.29 is 18.0 Å². The zero-order chi connectivity index (χ0) is 25.2. The van der Waals surface area contributed by atoms with Gasteiger partial charge in [0.2, 0.25) is 0 Å². The van der Waals surface area contributed by atoms with E-state index in [4.69, 9.17) is 5.73 Å². The molecule has 4 aromatic rings. The first-order chi connectivity index (χ1) is 16.6. The van der Waals surface area contributed by atoms with E-state index in [-0.39, 0.29) is 6.42 Å². The van der Waals surface area contributed by atoms with Gasteiger partial charge in [-0.2, -0.15) is 13.2 Å². The third kappa shape index (κ3) is 6.02. The molecule has 10 heteroatoms. The van der Waals surface area contributed by atoms with E-state index in [9.17, 15) is 18.0 Å². The normalized spacial score (nSPS) is 11.9. The van der Waals surface area contributed by atoms with E-state index in [0.717, 1.165) is 22.4 Å². The second kappa shape index (κ2) is 9.83. The second-order valence-electron chi connectivity index (χ2n) is 8.66. The molecule has 3 aromatic heterocycles. The Bertz CT molecular complexity index is 1360. The van der Waals surface area contributed by atoms with Gasteiger partial charge in [-0.15, -0.1) is 0 Å². The Morgan fingerprint density at radius 3 is 2.60 bits per heavy atom. The summed E-state index contributed by atoms with van der Waals surface area (Å²) in [5, 5.41) is 0. The molecule has 0 aliphatic rings. The predicted octanol–water partition coefficient (Wildman–Crippen LogP) is 4.56. The monoisotopic (exact) mass is 482 g/mol. The van der Waals surface area contributed by atoms with Crippen LogP contribution >= 0.6 is 0 Å². The van der Waals surface area contributed by atoms with Gasteiger partial charge in [0.15, 0.2) is 5.82 Å². The van der Waals surface area contributed by atoms with Crippen LogP contribution in [0.2, 0.25) is 0 Å². The minimum atomic E-state index is -4.34. The molecule has 0 bridgehead atoms. The predicted molar refractivity (Wildman–Crippen MR) is 127 cm³/mol. The number of hydrogen-bond donors (Lipinski definition) is 1. The van der Waals surface area contributed by atoms with Crippen molar-refractivity contribution in [2.24, 2.45) is 0 Å². The molecule has 0 fully saturated rings. The van der Waals surface area contributed by atoms with Crippen LogP contribution in [-0.2, 0) is 17.8 Å². The van der Waals surface area contributed by atoms with E-state index < -0.39 is 24.8 Å². The summed E-state index contributed by atoms with van der Waals surface area (Å²) in [6.45, 7) is 0.641. The molecule has 0 aliphatic heterocycles. The molecule has 2 N–H and O–H groups in total. The molecular formula is C25H25F3N6O. The van der Waals surface area contributed by atoms with Crippen LogP contribution in [0, 0.1) is 0 Å². The molecule has 0 spiro atoms. The summed E-state index contributed by atoms with van der Waals surface area (Å²) in [5.41, 5.74) is 10.6. The van der Waals surface area contributed by atoms with E-state index in [0.29, 0.717) is 29.4 Å². The Kier molecular flexibility index (Phi) is 6.83. The van der Waals surface area contributed by atoms with Gasteiger partial charge in [0.1, 0.15) is 17.2 Å². The number of ketones is 1. The molecule has 182 valence electrons. The van der Waals surface area contributed by atoms with Crippen LogP contribution in [0.3, 0.4) is 0 Å². The van der Waals surface area contributed by atoms with Gasteiger partial charge in [0, 0.05) is 48.5 Å². The Labute approximate surface area is 200 Å². The first-order valence-electron chi connectivity index (χ1n) is 11.0. The third-order valence-electron chi connectivity index (χ3n) is 5.47. The molecule has 3 heterocycles. The lowest BCUT2D eigenvalue weighted by atomic mass is 10.0. The number of fused-ring (bicyclic) bond motifs is 1. The van der Waals surface area contributed by atoms with Crippen LogP contribution in [0.1, 0.15) is 24.0 Å². The lowest BCUT2D eigenvalue weighted by Gasteiger charge is -2.12. The molecule has 7 nitrogen and oxygen atoms in total. The van der Waals surface area contributed by atoms with E-state index >= 15 is 0 Å². The maximum absolute atomic E-state index is 12.4. The fourth-order valence-electron chi connectivity index (χ4n) is 3.79. The number of benzene rings is 1. The number of rotatable bonds is 8. The summed E-state index contributed by atoms with van der Waals surface area (Å²) >= 11 is 0. The number of hydrogen-bond acceptors (Lipinski definition) is 6. The molecular weight excluding hydrogens is 457 g/mol. The number of imidazole rings is 1. The van der Waals surface area contributed by atoms with Crippen LogP contribution in [0.25, 0.3) is 28.3 Å². The summed E-state index contributed by atoms with van der Waals surface area (Å²) in [4.78, 5) is 27.4. The number of pyridine rings is 1. The molecule has 35 heavy (non-hydrogen) atoms. The Morgan fingerprint density at radius 2 is 1.89 bits per heavy atom. The second-order valence-corrected chi connectivity index (χ2v) is 8.66. The van der Waals surface area contributed by atoms with Gasteiger partial charge in [-0.3, -0.25) is 9.20 Å². The lowest BCUT2D eigenvalue weighted by Crippen LogP contribution is -2.13. The van der Waals surface area contributed by atoms with Crippen molar-refractivity contribution in [3.63, 3.8) is 0 Å². The molecule has 4 rings (SSSR count). The summed E-state index contributed by atoms with van der Waals surface area (Å²) in [6, 6.07) is 10.9. The van der Waals surface area contributed by atoms with Crippen molar-refractivity contribution in [2.75, 3.05) is 19.8 Å². The minimum Gasteiger partial charge on any atom is -0.383 e. The lowest BCUT2D eigenvalue weighted by molar-refractivity contribution is -0.143. The summed E-state index contributed by atoms with van der Waals surface area (Å²) in [5.74, 6) is 0.476. The highest BCUT2D eigenvalue weighted by Crippen LogP contribution is 2.26. The van der Waals surface area contributed by atoms with Crippen molar-refractivity contribution in [1.82, 2.24) is 24.3 Å². The molecule has 0 aliphatic carbocycles. The zero-order valence-electron chi connectivity index (χ0n) is 19.4. The van der Waals surface area contributed by atoms with Crippen molar-refractivity contribution in [2.45, 2.75) is 32.0 Å². The summed E-state index contributed by atoms with van der Waals surface area (Å²) < 4.78 is 39.1. The Hall–Kier alpha value is -3.79.